The Morgan fingerprint density at radius 2 is 1.70 bits per heavy atom. The molecule has 200 valence electrons. The molecule has 10 nitrogen and oxygen atoms in total. The van der Waals surface area contributed by atoms with Crippen LogP contribution in [-0.4, -0.2) is 63.8 Å². The Balaban J connectivity index is 1.86. The fraction of sp³-hybridized carbons (Fsp3) is 0.423. The van der Waals surface area contributed by atoms with E-state index in [2.05, 4.69) is 0 Å². The van der Waals surface area contributed by atoms with Gasteiger partial charge in [-0.1, -0.05) is 48.5 Å². The van der Waals surface area contributed by atoms with E-state index in [0.717, 1.165) is 0 Å². The van der Waals surface area contributed by atoms with Crippen LogP contribution in [0.25, 0.3) is 0 Å². The van der Waals surface area contributed by atoms with Gasteiger partial charge in [-0.3, -0.25) is 13.9 Å². The molecule has 37 heavy (non-hydrogen) atoms. The topological polar surface area (TPSA) is 156 Å². The third-order valence-corrected chi connectivity index (χ3v) is 7.74. The van der Waals surface area contributed by atoms with Gasteiger partial charge >= 0.3 is 19.5 Å². The zero-order valence-electron chi connectivity index (χ0n) is 20.5. The minimum absolute atomic E-state index is 0.0636. The van der Waals surface area contributed by atoms with Crippen molar-refractivity contribution in [3.05, 3.63) is 71.8 Å². The summed E-state index contributed by atoms with van der Waals surface area (Å²) in [5.74, 6) is -4.22. The van der Waals surface area contributed by atoms with Gasteiger partial charge in [0.05, 0.1) is 5.56 Å². The number of esters is 1. The van der Waals surface area contributed by atoms with E-state index in [-0.39, 0.29) is 24.9 Å². The van der Waals surface area contributed by atoms with Gasteiger partial charge in [0, 0.05) is 13.0 Å². The summed E-state index contributed by atoms with van der Waals surface area (Å²) >= 11 is 0. The van der Waals surface area contributed by atoms with Crippen LogP contribution in [0.3, 0.4) is 0 Å². The Morgan fingerprint density at radius 1 is 1.05 bits per heavy atom. The van der Waals surface area contributed by atoms with E-state index in [0.29, 0.717) is 37.8 Å². The molecule has 0 aliphatic carbocycles. The second kappa shape index (κ2) is 13.5. The molecule has 0 saturated carbocycles. The molecule has 3 rings (SSSR count). The van der Waals surface area contributed by atoms with Crippen LogP contribution < -0.4 is 5.73 Å². The summed E-state index contributed by atoms with van der Waals surface area (Å²) in [6, 6.07) is 15.7. The fourth-order valence-electron chi connectivity index (χ4n) is 4.22. The van der Waals surface area contributed by atoms with Crippen molar-refractivity contribution in [3.8, 4) is 0 Å². The van der Waals surface area contributed by atoms with Gasteiger partial charge in [0.1, 0.15) is 12.1 Å². The number of carbonyl (C=O) groups excluding carboxylic acids is 2. The van der Waals surface area contributed by atoms with E-state index in [1.807, 2.05) is 0 Å². The van der Waals surface area contributed by atoms with Crippen LogP contribution in [0.2, 0.25) is 0 Å². The number of nitrogens with zero attached hydrogens (tertiary/aromatic N) is 1. The summed E-state index contributed by atoms with van der Waals surface area (Å²) in [6.07, 6.45) is 0.301. The highest BCUT2D eigenvalue weighted by molar-refractivity contribution is 7.53. The highest BCUT2D eigenvalue weighted by atomic mass is 31.2. The number of ether oxygens (including phenoxy) is 1. The number of rotatable bonds is 13. The molecular formula is C26H33N2O8P. The first-order valence-electron chi connectivity index (χ1n) is 12.3. The van der Waals surface area contributed by atoms with Gasteiger partial charge < -0.3 is 25.4 Å². The molecule has 1 aliphatic heterocycles. The van der Waals surface area contributed by atoms with Crippen molar-refractivity contribution in [3.63, 3.8) is 0 Å². The fourth-order valence-corrected chi connectivity index (χ4v) is 5.59. The minimum Gasteiger partial charge on any atom is -0.480 e. The summed E-state index contributed by atoms with van der Waals surface area (Å²) in [6.45, 7) is 0.559. The van der Waals surface area contributed by atoms with E-state index >= 15 is 0 Å². The lowest BCUT2D eigenvalue weighted by Gasteiger charge is -2.30. The Bertz CT molecular complexity index is 1100. The average Bonchev–Trinajstić information content (AvgIpc) is 3.39. The minimum atomic E-state index is -4.75. The van der Waals surface area contributed by atoms with E-state index in [4.69, 9.17) is 15.0 Å². The molecule has 1 fully saturated rings. The lowest BCUT2D eigenvalue weighted by molar-refractivity contribution is -0.151. The maximum Gasteiger partial charge on any atom is 0.369 e. The van der Waals surface area contributed by atoms with Gasteiger partial charge in [-0.2, -0.15) is 0 Å². The highest BCUT2D eigenvalue weighted by Gasteiger charge is 2.43. The Hall–Kier alpha value is -3.04. The van der Waals surface area contributed by atoms with E-state index < -0.39 is 43.4 Å². The van der Waals surface area contributed by atoms with Gasteiger partial charge in [0.2, 0.25) is 5.85 Å². The Morgan fingerprint density at radius 3 is 2.32 bits per heavy atom. The molecule has 3 unspecified atom stereocenters. The first kappa shape index (κ1) is 28.5. The summed E-state index contributed by atoms with van der Waals surface area (Å²) in [7, 11) is -4.75. The molecule has 4 atom stereocenters. The second-order valence-corrected chi connectivity index (χ2v) is 10.8. The smallest absolute Gasteiger partial charge is 0.369 e. The van der Waals surface area contributed by atoms with Gasteiger partial charge in [-0.25, -0.2) is 9.59 Å². The molecule has 0 radical (unpaired) electrons. The molecule has 11 heteroatoms. The van der Waals surface area contributed by atoms with E-state index in [1.165, 1.54) is 17.0 Å². The highest BCUT2D eigenvalue weighted by Crippen LogP contribution is 2.51. The quantitative estimate of drug-likeness (QED) is 0.200. The third-order valence-electron chi connectivity index (χ3n) is 6.16. The van der Waals surface area contributed by atoms with Gasteiger partial charge in [0.25, 0.3) is 5.91 Å². The van der Waals surface area contributed by atoms with Crippen LogP contribution in [0.5, 0.6) is 0 Å². The number of nitrogens with two attached hydrogens (primary N) is 1. The van der Waals surface area contributed by atoms with Gasteiger partial charge in [0.15, 0.2) is 0 Å². The van der Waals surface area contributed by atoms with Crippen molar-refractivity contribution in [2.45, 2.75) is 56.5 Å². The van der Waals surface area contributed by atoms with Crippen LogP contribution in [0.4, 0.5) is 0 Å². The molecule has 0 bridgehead atoms. The second-order valence-electron chi connectivity index (χ2n) is 8.89. The number of hydrogen-bond acceptors (Lipinski definition) is 7. The molecule has 4 N–H and O–H groups in total. The Kier molecular flexibility index (Phi) is 10.4. The summed E-state index contributed by atoms with van der Waals surface area (Å²) in [4.78, 5) is 50.0. The van der Waals surface area contributed by atoms with Crippen LogP contribution >= 0.6 is 7.60 Å². The van der Waals surface area contributed by atoms with Crippen molar-refractivity contribution in [1.82, 2.24) is 4.90 Å². The molecule has 2 aromatic carbocycles. The van der Waals surface area contributed by atoms with E-state index in [9.17, 15) is 28.9 Å². The molecular weight excluding hydrogens is 499 g/mol. The summed E-state index contributed by atoms with van der Waals surface area (Å²) < 4.78 is 24.7. The number of aliphatic carboxylic acids is 1. The number of unbranched alkanes of at least 4 members (excludes halogenated alkanes) is 1. The molecule has 1 amide bonds. The van der Waals surface area contributed by atoms with Crippen molar-refractivity contribution < 1.29 is 38.2 Å². The van der Waals surface area contributed by atoms with Gasteiger partial charge in [-0.05, 0) is 56.3 Å². The molecule has 1 aliphatic rings. The maximum absolute atomic E-state index is 13.6. The van der Waals surface area contributed by atoms with Crippen molar-refractivity contribution in [2.24, 2.45) is 5.73 Å². The number of likely N-dealkylation sites (tertiary alicyclic amines) is 1. The lowest BCUT2D eigenvalue weighted by atomic mass is 10.1. The first-order valence-corrected chi connectivity index (χ1v) is 13.9. The lowest BCUT2D eigenvalue weighted by Crippen LogP contribution is -2.46. The molecule has 2 aromatic rings. The number of carboxylic acid groups (broad SMARTS) is 1. The predicted molar refractivity (Wildman–Crippen MR) is 136 cm³/mol. The first-order chi connectivity index (χ1) is 17.7. The van der Waals surface area contributed by atoms with Crippen molar-refractivity contribution in [2.75, 3.05) is 13.1 Å². The third kappa shape index (κ3) is 7.97. The zero-order valence-corrected chi connectivity index (χ0v) is 21.4. The van der Waals surface area contributed by atoms with Crippen LogP contribution in [0, 0.1) is 0 Å². The van der Waals surface area contributed by atoms with E-state index in [1.54, 1.807) is 48.5 Å². The summed E-state index contributed by atoms with van der Waals surface area (Å²) in [5.41, 5.74) is 6.39. The predicted octanol–water partition coefficient (Wildman–Crippen LogP) is 3.19. The molecule has 1 heterocycles. The number of benzene rings is 2. The number of carbonyl (C=O) groups is 3. The van der Waals surface area contributed by atoms with Crippen LogP contribution in [0.15, 0.2) is 60.7 Å². The SMILES string of the molecule is NCCCCC(OP(=O)(O)C(Cc1ccccc1)OC(=O)c1ccccc1)C(=O)N1CCC[C@H]1C(=O)O. The van der Waals surface area contributed by atoms with Crippen molar-refractivity contribution >= 4 is 25.4 Å². The molecule has 1 saturated heterocycles. The van der Waals surface area contributed by atoms with Crippen LogP contribution in [0.1, 0.15) is 48.0 Å². The maximum atomic E-state index is 13.6. The molecule has 0 aromatic heterocycles. The number of carboxylic acids is 1. The van der Waals surface area contributed by atoms with Crippen LogP contribution in [-0.2, 0) is 29.8 Å². The summed E-state index contributed by atoms with van der Waals surface area (Å²) in [5, 5.41) is 9.51. The van der Waals surface area contributed by atoms with Gasteiger partial charge in [-0.15, -0.1) is 0 Å². The monoisotopic (exact) mass is 532 g/mol. The largest absolute Gasteiger partial charge is 0.480 e. The van der Waals surface area contributed by atoms with Crippen molar-refractivity contribution in [1.29, 1.82) is 0 Å². The zero-order chi connectivity index (χ0) is 26.8. The number of amides is 1. The Labute approximate surface area is 215 Å². The molecule has 0 spiro atoms. The standard InChI is InChI=1S/C26H33N2O8P/c27-16-8-7-15-22(24(29)28-17-9-14-21(28)25(30)31)36-37(33,34)23(18-19-10-3-1-4-11-19)35-26(32)20-12-5-2-6-13-20/h1-6,10-13,21-23H,7-9,14-18,27H2,(H,30,31)(H,33,34)/t21-,22?,23?/m0/s1. The average molecular weight is 533 g/mol. The number of hydrogen-bond donors (Lipinski definition) is 3. The normalized spacial score (nSPS) is 18.5.